The SMILES string of the molecule is CC(C)=CC1C(C(=O)N2CCCC2)C1(C)C. The molecule has 0 aromatic rings. The van der Waals surface area contributed by atoms with Crippen molar-refractivity contribution in [3.63, 3.8) is 0 Å². The average molecular weight is 221 g/mol. The van der Waals surface area contributed by atoms with Crippen LogP contribution in [0.3, 0.4) is 0 Å². The van der Waals surface area contributed by atoms with E-state index >= 15 is 0 Å². The van der Waals surface area contributed by atoms with Crippen LogP contribution in [-0.2, 0) is 4.79 Å². The van der Waals surface area contributed by atoms with E-state index in [1.165, 1.54) is 18.4 Å². The normalized spacial score (nSPS) is 31.4. The zero-order valence-corrected chi connectivity index (χ0v) is 10.9. The maximum absolute atomic E-state index is 12.3. The van der Waals surface area contributed by atoms with Gasteiger partial charge in [0.25, 0.3) is 0 Å². The molecule has 0 aromatic heterocycles. The monoisotopic (exact) mass is 221 g/mol. The highest BCUT2D eigenvalue weighted by atomic mass is 16.2. The van der Waals surface area contributed by atoms with Crippen LogP contribution in [0.5, 0.6) is 0 Å². The molecule has 16 heavy (non-hydrogen) atoms. The summed E-state index contributed by atoms with van der Waals surface area (Å²) in [4.78, 5) is 14.4. The largest absolute Gasteiger partial charge is 0.342 e. The second-order valence-corrected chi connectivity index (χ2v) is 6.10. The molecule has 1 aliphatic carbocycles. The first-order valence-corrected chi connectivity index (χ1v) is 6.38. The van der Waals surface area contributed by atoms with Gasteiger partial charge >= 0.3 is 0 Å². The van der Waals surface area contributed by atoms with Crippen molar-refractivity contribution >= 4 is 5.91 Å². The average Bonchev–Trinajstić information content (AvgIpc) is 2.63. The molecule has 1 amide bonds. The minimum atomic E-state index is 0.178. The lowest BCUT2D eigenvalue weighted by Crippen LogP contribution is -2.30. The second-order valence-electron chi connectivity index (χ2n) is 6.10. The first-order valence-electron chi connectivity index (χ1n) is 6.38. The lowest BCUT2D eigenvalue weighted by molar-refractivity contribution is -0.132. The summed E-state index contributed by atoms with van der Waals surface area (Å²) in [5, 5.41) is 0. The third-order valence-corrected chi connectivity index (χ3v) is 4.11. The predicted octanol–water partition coefficient (Wildman–Crippen LogP) is 2.85. The number of likely N-dealkylation sites (tertiary alicyclic amines) is 1. The van der Waals surface area contributed by atoms with Crippen molar-refractivity contribution in [1.82, 2.24) is 4.90 Å². The maximum Gasteiger partial charge on any atom is 0.226 e. The molecule has 0 bridgehead atoms. The van der Waals surface area contributed by atoms with Crippen molar-refractivity contribution in [2.75, 3.05) is 13.1 Å². The Kier molecular flexibility index (Phi) is 2.85. The fourth-order valence-corrected chi connectivity index (χ4v) is 2.95. The fourth-order valence-electron chi connectivity index (χ4n) is 2.95. The molecule has 2 rings (SSSR count). The standard InChI is InChI=1S/C14H23NO/c1-10(2)9-11-12(14(11,3)4)13(16)15-7-5-6-8-15/h9,11-12H,5-8H2,1-4H3. The van der Waals surface area contributed by atoms with Gasteiger partial charge in [0.15, 0.2) is 0 Å². The topological polar surface area (TPSA) is 20.3 Å². The summed E-state index contributed by atoms with van der Waals surface area (Å²) in [6.45, 7) is 10.6. The van der Waals surface area contributed by atoms with Gasteiger partial charge in [-0.3, -0.25) is 4.79 Å². The Morgan fingerprint density at radius 3 is 2.31 bits per heavy atom. The molecule has 1 aliphatic heterocycles. The van der Waals surface area contributed by atoms with Crippen LogP contribution in [0.15, 0.2) is 11.6 Å². The Hall–Kier alpha value is -0.790. The van der Waals surface area contributed by atoms with E-state index in [0.29, 0.717) is 11.8 Å². The first-order chi connectivity index (χ1) is 7.44. The summed E-state index contributed by atoms with van der Waals surface area (Å²) < 4.78 is 0. The van der Waals surface area contributed by atoms with Crippen molar-refractivity contribution in [3.8, 4) is 0 Å². The number of nitrogens with zero attached hydrogens (tertiary/aromatic N) is 1. The van der Waals surface area contributed by atoms with Crippen LogP contribution in [0, 0.1) is 17.3 Å². The fraction of sp³-hybridized carbons (Fsp3) is 0.786. The molecule has 2 aliphatic rings. The molecular weight excluding hydrogens is 198 g/mol. The number of carbonyl (C=O) groups excluding carboxylic acids is 1. The molecule has 2 fully saturated rings. The van der Waals surface area contributed by atoms with Gasteiger partial charge in [-0.15, -0.1) is 0 Å². The predicted molar refractivity (Wildman–Crippen MR) is 66.0 cm³/mol. The highest BCUT2D eigenvalue weighted by Crippen LogP contribution is 2.60. The Morgan fingerprint density at radius 2 is 1.81 bits per heavy atom. The summed E-state index contributed by atoms with van der Waals surface area (Å²) >= 11 is 0. The van der Waals surface area contributed by atoms with Gasteiger partial charge in [-0.2, -0.15) is 0 Å². The molecule has 1 heterocycles. The maximum atomic E-state index is 12.3. The van der Waals surface area contributed by atoms with Crippen LogP contribution in [0.4, 0.5) is 0 Å². The van der Waals surface area contributed by atoms with E-state index in [4.69, 9.17) is 0 Å². The molecule has 0 N–H and O–H groups in total. The minimum absolute atomic E-state index is 0.178. The number of carbonyl (C=O) groups is 1. The second kappa shape index (κ2) is 3.90. The lowest BCUT2D eigenvalue weighted by atomic mass is 10.1. The van der Waals surface area contributed by atoms with Crippen LogP contribution in [-0.4, -0.2) is 23.9 Å². The number of allylic oxidation sites excluding steroid dienone is 2. The summed E-state index contributed by atoms with van der Waals surface area (Å²) in [5.41, 5.74) is 1.51. The lowest BCUT2D eigenvalue weighted by Gasteiger charge is -2.15. The van der Waals surface area contributed by atoms with Gasteiger partial charge in [-0.1, -0.05) is 25.5 Å². The van der Waals surface area contributed by atoms with Crippen LogP contribution in [0.2, 0.25) is 0 Å². The molecule has 0 radical (unpaired) electrons. The molecular formula is C14H23NO. The highest BCUT2D eigenvalue weighted by molar-refractivity contribution is 5.84. The van der Waals surface area contributed by atoms with Gasteiger partial charge in [0.05, 0.1) is 5.92 Å². The molecule has 2 nitrogen and oxygen atoms in total. The first kappa shape index (κ1) is 11.7. The highest BCUT2D eigenvalue weighted by Gasteiger charge is 2.61. The Labute approximate surface area is 98.7 Å². The summed E-state index contributed by atoms with van der Waals surface area (Å²) in [6, 6.07) is 0. The molecule has 0 spiro atoms. The van der Waals surface area contributed by atoms with E-state index in [2.05, 4.69) is 38.7 Å². The third-order valence-electron chi connectivity index (χ3n) is 4.11. The van der Waals surface area contributed by atoms with E-state index in [9.17, 15) is 4.79 Å². The molecule has 2 heteroatoms. The van der Waals surface area contributed by atoms with Crippen molar-refractivity contribution in [3.05, 3.63) is 11.6 Å². The Balaban J connectivity index is 2.05. The van der Waals surface area contributed by atoms with Gasteiger partial charge in [-0.05, 0) is 38.0 Å². The number of rotatable bonds is 2. The quantitative estimate of drug-likeness (QED) is 0.657. The van der Waals surface area contributed by atoms with E-state index in [-0.39, 0.29) is 11.3 Å². The molecule has 90 valence electrons. The van der Waals surface area contributed by atoms with Crippen molar-refractivity contribution in [2.24, 2.45) is 17.3 Å². The van der Waals surface area contributed by atoms with Crippen LogP contribution >= 0.6 is 0 Å². The Morgan fingerprint density at radius 1 is 1.25 bits per heavy atom. The van der Waals surface area contributed by atoms with E-state index in [0.717, 1.165) is 13.1 Å². The van der Waals surface area contributed by atoms with Gasteiger partial charge in [0.2, 0.25) is 5.91 Å². The van der Waals surface area contributed by atoms with Crippen molar-refractivity contribution in [1.29, 1.82) is 0 Å². The van der Waals surface area contributed by atoms with Gasteiger partial charge in [-0.25, -0.2) is 0 Å². The number of hydrogen-bond donors (Lipinski definition) is 0. The number of amides is 1. The summed E-state index contributed by atoms with van der Waals surface area (Å²) in [5.74, 6) is 1.09. The van der Waals surface area contributed by atoms with Gasteiger partial charge in [0.1, 0.15) is 0 Å². The van der Waals surface area contributed by atoms with Crippen LogP contribution < -0.4 is 0 Å². The van der Waals surface area contributed by atoms with E-state index in [1.807, 2.05) is 0 Å². The smallest absolute Gasteiger partial charge is 0.226 e. The van der Waals surface area contributed by atoms with Gasteiger partial charge < -0.3 is 4.90 Å². The minimum Gasteiger partial charge on any atom is -0.342 e. The van der Waals surface area contributed by atoms with Crippen molar-refractivity contribution < 1.29 is 4.79 Å². The van der Waals surface area contributed by atoms with Crippen LogP contribution in [0.1, 0.15) is 40.5 Å². The zero-order valence-electron chi connectivity index (χ0n) is 10.9. The summed E-state index contributed by atoms with van der Waals surface area (Å²) in [7, 11) is 0. The van der Waals surface area contributed by atoms with Crippen LogP contribution in [0.25, 0.3) is 0 Å². The Bertz CT molecular complexity index is 320. The third kappa shape index (κ3) is 1.90. The van der Waals surface area contributed by atoms with Gasteiger partial charge in [0, 0.05) is 13.1 Å². The molecule has 0 aromatic carbocycles. The molecule has 2 unspecified atom stereocenters. The van der Waals surface area contributed by atoms with E-state index < -0.39 is 0 Å². The molecule has 1 saturated heterocycles. The van der Waals surface area contributed by atoms with E-state index in [1.54, 1.807) is 0 Å². The zero-order chi connectivity index (χ0) is 11.9. The summed E-state index contributed by atoms with van der Waals surface area (Å²) in [6.07, 6.45) is 4.65. The molecule has 1 saturated carbocycles. The van der Waals surface area contributed by atoms with Crippen molar-refractivity contribution in [2.45, 2.75) is 40.5 Å². The number of hydrogen-bond acceptors (Lipinski definition) is 1. The molecule has 2 atom stereocenters.